The largest absolute Gasteiger partial charge is 0.388 e. The van der Waals surface area contributed by atoms with E-state index in [9.17, 15) is 14.7 Å². The van der Waals surface area contributed by atoms with Gasteiger partial charge in [-0.25, -0.2) is 0 Å². The fraction of sp³-hybridized carbons (Fsp3) is 0.438. The van der Waals surface area contributed by atoms with Gasteiger partial charge >= 0.3 is 0 Å². The second-order valence-electron chi connectivity index (χ2n) is 5.92. The van der Waals surface area contributed by atoms with E-state index in [0.29, 0.717) is 30.6 Å². The maximum absolute atomic E-state index is 12.1. The average molecular weight is 316 g/mol. The number of primary amides is 1. The molecule has 1 aliphatic rings. The summed E-state index contributed by atoms with van der Waals surface area (Å²) in [6, 6.07) is 8.67. The van der Waals surface area contributed by atoms with Crippen LogP contribution in [0.15, 0.2) is 24.3 Å². The Balaban J connectivity index is 1.92. The molecule has 1 heterocycles. The molecule has 7 nitrogen and oxygen atoms in total. The molecule has 23 heavy (non-hydrogen) atoms. The van der Waals surface area contributed by atoms with Crippen LogP contribution in [0.5, 0.6) is 0 Å². The lowest BCUT2D eigenvalue weighted by Crippen LogP contribution is -2.51. The van der Waals surface area contributed by atoms with E-state index in [2.05, 4.69) is 5.32 Å². The number of amides is 2. The third-order valence-corrected chi connectivity index (χ3v) is 3.78. The van der Waals surface area contributed by atoms with Crippen LogP contribution in [0, 0.1) is 11.3 Å². The van der Waals surface area contributed by atoms with Crippen molar-refractivity contribution in [2.24, 2.45) is 5.73 Å². The van der Waals surface area contributed by atoms with Gasteiger partial charge in [0.05, 0.1) is 30.2 Å². The first kappa shape index (κ1) is 16.9. The van der Waals surface area contributed by atoms with Gasteiger partial charge in [0.1, 0.15) is 0 Å². The van der Waals surface area contributed by atoms with E-state index < -0.39 is 11.5 Å². The summed E-state index contributed by atoms with van der Waals surface area (Å²) >= 11 is 0. The number of hydrogen-bond acceptors (Lipinski definition) is 5. The molecule has 1 aromatic rings. The van der Waals surface area contributed by atoms with Gasteiger partial charge in [0.2, 0.25) is 11.8 Å². The number of nitrogens with zero attached hydrogens (tertiary/aromatic N) is 2. The first-order valence-corrected chi connectivity index (χ1v) is 7.43. The van der Waals surface area contributed by atoms with E-state index in [0.717, 1.165) is 0 Å². The van der Waals surface area contributed by atoms with E-state index in [1.807, 2.05) is 6.07 Å². The van der Waals surface area contributed by atoms with Crippen molar-refractivity contribution in [3.05, 3.63) is 29.8 Å². The third kappa shape index (κ3) is 5.06. The summed E-state index contributed by atoms with van der Waals surface area (Å²) in [5.74, 6) is -0.782. The van der Waals surface area contributed by atoms with Crippen LogP contribution in [0.3, 0.4) is 0 Å². The Morgan fingerprint density at radius 3 is 2.96 bits per heavy atom. The molecule has 2 rings (SSSR count). The van der Waals surface area contributed by atoms with Crippen molar-refractivity contribution in [2.45, 2.75) is 24.9 Å². The van der Waals surface area contributed by atoms with Gasteiger partial charge in [-0.3, -0.25) is 14.5 Å². The molecule has 122 valence electrons. The normalized spacial score (nSPS) is 21.4. The molecule has 0 spiro atoms. The lowest BCUT2D eigenvalue weighted by atomic mass is 9.89. The Labute approximate surface area is 134 Å². The van der Waals surface area contributed by atoms with Gasteiger partial charge in [-0.1, -0.05) is 6.07 Å². The number of anilines is 1. The summed E-state index contributed by atoms with van der Waals surface area (Å²) in [5, 5.41) is 22.0. The van der Waals surface area contributed by atoms with Gasteiger partial charge in [-0.2, -0.15) is 5.26 Å². The number of rotatable bonds is 5. The molecule has 1 unspecified atom stereocenters. The van der Waals surface area contributed by atoms with Gasteiger partial charge in [0, 0.05) is 12.2 Å². The molecule has 7 heteroatoms. The Hall–Kier alpha value is -2.43. The molecular formula is C16H20N4O3. The van der Waals surface area contributed by atoms with Crippen LogP contribution >= 0.6 is 0 Å². The van der Waals surface area contributed by atoms with Crippen molar-refractivity contribution in [2.75, 3.05) is 25.0 Å². The maximum atomic E-state index is 12.1. The number of hydrogen-bond donors (Lipinski definition) is 3. The minimum Gasteiger partial charge on any atom is -0.388 e. The lowest BCUT2D eigenvalue weighted by Gasteiger charge is -2.38. The average Bonchev–Trinajstić information content (AvgIpc) is 2.45. The first-order chi connectivity index (χ1) is 10.9. The Kier molecular flexibility index (Phi) is 5.32. The second-order valence-corrected chi connectivity index (χ2v) is 5.92. The highest BCUT2D eigenvalue weighted by Crippen LogP contribution is 2.24. The van der Waals surface area contributed by atoms with Crippen molar-refractivity contribution < 1.29 is 14.7 Å². The topological polar surface area (TPSA) is 119 Å². The van der Waals surface area contributed by atoms with Gasteiger partial charge in [0.25, 0.3) is 0 Å². The van der Waals surface area contributed by atoms with Crippen LogP contribution in [0.2, 0.25) is 0 Å². The third-order valence-electron chi connectivity index (χ3n) is 3.78. The molecule has 1 fully saturated rings. The number of β-amino-alcohol motifs (C(OH)–C–C–N with tert-alkyl or cyclic N) is 1. The van der Waals surface area contributed by atoms with Crippen molar-refractivity contribution in [1.82, 2.24) is 4.90 Å². The SMILES string of the molecule is N#Cc1cccc(NC(=O)CN2CCCC(O)(CC(N)=O)C2)c1. The minimum absolute atomic E-state index is 0.102. The predicted molar refractivity (Wildman–Crippen MR) is 84.2 cm³/mol. The molecule has 0 aliphatic carbocycles. The molecular weight excluding hydrogens is 296 g/mol. The van der Waals surface area contributed by atoms with Crippen molar-refractivity contribution in [3.63, 3.8) is 0 Å². The smallest absolute Gasteiger partial charge is 0.238 e. The van der Waals surface area contributed by atoms with E-state index in [-0.39, 0.29) is 25.4 Å². The van der Waals surface area contributed by atoms with Crippen LogP contribution in [0.4, 0.5) is 5.69 Å². The highest BCUT2D eigenvalue weighted by molar-refractivity contribution is 5.92. The summed E-state index contributed by atoms with van der Waals surface area (Å²) in [5.41, 5.74) is 5.02. The fourth-order valence-electron chi connectivity index (χ4n) is 2.88. The molecule has 1 saturated heterocycles. The number of benzene rings is 1. The first-order valence-electron chi connectivity index (χ1n) is 7.43. The van der Waals surface area contributed by atoms with Crippen molar-refractivity contribution >= 4 is 17.5 Å². The summed E-state index contributed by atoms with van der Waals surface area (Å²) in [6.07, 6.45) is 1.09. The quantitative estimate of drug-likeness (QED) is 0.717. The molecule has 1 aromatic carbocycles. The van der Waals surface area contributed by atoms with Gasteiger partial charge < -0.3 is 16.2 Å². The second kappa shape index (κ2) is 7.22. The fourth-order valence-corrected chi connectivity index (χ4v) is 2.88. The highest BCUT2D eigenvalue weighted by atomic mass is 16.3. The van der Waals surface area contributed by atoms with Gasteiger partial charge in [-0.15, -0.1) is 0 Å². The zero-order valence-electron chi connectivity index (χ0n) is 12.8. The Morgan fingerprint density at radius 2 is 2.26 bits per heavy atom. The van der Waals surface area contributed by atoms with E-state index in [1.54, 1.807) is 29.2 Å². The van der Waals surface area contributed by atoms with E-state index >= 15 is 0 Å². The molecule has 0 bridgehead atoms. The summed E-state index contributed by atoms with van der Waals surface area (Å²) < 4.78 is 0. The lowest BCUT2D eigenvalue weighted by molar-refractivity contribution is -0.126. The van der Waals surface area contributed by atoms with Crippen LogP contribution in [0.25, 0.3) is 0 Å². The van der Waals surface area contributed by atoms with Crippen molar-refractivity contribution in [3.8, 4) is 6.07 Å². The zero-order valence-corrected chi connectivity index (χ0v) is 12.8. The minimum atomic E-state index is -1.16. The number of carbonyl (C=O) groups excluding carboxylic acids is 2. The van der Waals surface area contributed by atoms with Crippen LogP contribution in [0.1, 0.15) is 24.8 Å². The van der Waals surface area contributed by atoms with Gasteiger partial charge in [0.15, 0.2) is 0 Å². The molecule has 1 atom stereocenters. The number of carbonyl (C=O) groups is 2. The number of aliphatic hydroxyl groups is 1. The molecule has 0 aromatic heterocycles. The summed E-state index contributed by atoms with van der Waals surface area (Å²) in [4.78, 5) is 24.9. The van der Waals surface area contributed by atoms with Crippen LogP contribution in [-0.4, -0.2) is 47.1 Å². The predicted octanol–water partition coefficient (Wildman–Crippen LogP) is 0.199. The number of nitriles is 1. The number of nitrogens with one attached hydrogen (secondary N) is 1. The van der Waals surface area contributed by atoms with Crippen molar-refractivity contribution in [1.29, 1.82) is 5.26 Å². The standard InChI is InChI=1S/C16H20N4O3/c17-9-12-3-1-4-13(7-12)19-15(22)10-20-6-2-5-16(23,11-20)8-14(18)21/h1,3-4,7,23H,2,5-6,8,10-11H2,(H2,18,21)(H,19,22). The Morgan fingerprint density at radius 1 is 1.48 bits per heavy atom. The molecule has 0 saturated carbocycles. The molecule has 2 amide bonds. The summed E-state index contributed by atoms with van der Waals surface area (Å²) in [6.45, 7) is 1.02. The monoisotopic (exact) mass is 316 g/mol. The molecule has 0 radical (unpaired) electrons. The van der Waals surface area contributed by atoms with Gasteiger partial charge in [-0.05, 0) is 37.6 Å². The molecule has 1 aliphatic heterocycles. The molecule has 4 N–H and O–H groups in total. The highest BCUT2D eigenvalue weighted by Gasteiger charge is 2.35. The number of nitrogens with two attached hydrogens (primary N) is 1. The Bertz CT molecular complexity index is 640. The van der Waals surface area contributed by atoms with E-state index in [1.165, 1.54) is 0 Å². The summed E-state index contributed by atoms with van der Waals surface area (Å²) in [7, 11) is 0. The number of piperidine rings is 1. The van der Waals surface area contributed by atoms with Crippen LogP contribution < -0.4 is 11.1 Å². The maximum Gasteiger partial charge on any atom is 0.238 e. The van der Waals surface area contributed by atoms with Crippen LogP contribution in [-0.2, 0) is 9.59 Å². The number of likely N-dealkylation sites (tertiary alicyclic amines) is 1. The van der Waals surface area contributed by atoms with E-state index in [4.69, 9.17) is 11.0 Å². The zero-order chi connectivity index (χ0) is 16.9.